The van der Waals surface area contributed by atoms with Gasteiger partial charge in [-0.05, 0) is 19.1 Å². The van der Waals surface area contributed by atoms with Crippen molar-refractivity contribution in [3.05, 3.63) is 41.6 Å². The number of aromatic carboxylic acids is 1. The van der Waals surface area contributed by atoms with Gasteiger partial charge in [-0.1, -0.05) is 18.2 Å². The van der Waals surface area contributed by atoms with E-state index in [9.17, 15) is 4.79 Å². The third kappa shape index (κ3) is 1.52. The average molecular weight is 217 g/mol. The molecular formula is C11H11N3O2. The quantitative estimate of drug-likeness (QED) is 0.797. The van der Waals surface area contributed by atoms with E-state index in [1.807, 2.05) is 30.3 Å². The molecule has 5 heteroatoms. The zero-order chi connectivity index (χ0) is 11.7. The molecule has 0 saturated heterocycles. The third-order valence-corrected chi connectivity index (χ3v) is 2.36. The molecule has 5 nitrogen and oxygen atoms in total. The van der Waals surface area contributed by atoms with E-state index in [2.05, 4.69) is 5.10 Å². The van der Waals surface area contributed by atoms with E-state index in [0.717, 1.165) is 5.69 Å². The molecule has 82 valence electrons. The zero-order valence-electron chi connectivity index (χ0n) is 8.71. The Morgan fingerprint density at radius 1 is 1.38 bits per heavy atom. The van der Waals surface area contributed by atoms with Crippen LogP contribution in [0.4, 0.5) is 5.82 Å². The van der Waals surface area contributed by atoms with Crippen LogP contribution < -0.4 is 5.73 Å². The number of nitrogens with zero attached hydrogens (tertiary/aromatic N) is 2. The highest BCUT2D eigenvalue weighted by Crippen LogP contribution is 2.19. The Labute approximate surface area is 92.1 Å². The summed E-state index contributed by atoms with van der Waals surface area (Å²) in [5.41, 5.74) is 6.94. The Bertz CT molecular complexity index is 532. The molecule has 0 radical (unpaired) electrons. The maximum Gasteiger partial charge on any atom is 0.341 e. The number of hydrogen-bond acceptors (Lipinski definition) is 3. The van der Waals surface area contributed by atoms with Gasteiger partial charge in [-0.2, -0.15) is 0 Å². The number of carboxylic acid groups (broad SMARTS) is 1. The second-order valence-corrected chi connectivity index (χ2v) is 3.40. The van der Waals surface area contributed by atoms with Gasteiger partial charge in [0.2, 0.25) is 0 Å². The number of para-hydroxylation sites is 1. The molecule has 0 aliphatic rings. The molecule has 1 aromatic heterocycles. The van der Waals surface area contributed by atoms with Crippen LogP contribution in [0.5, 0.6) is 0 Å². The van der Waals surface area contributed by atoms with Crippen molar-refractivity contribution in [3.8, 4) is 5.69 Å². The van der Waals surface area contributed by atoms with Gasteiger partial charge in [0.05, 0.1) is 11.4 Å². The summed E-state index contributed by atoms with van der Waals surface area (Å²) < 4.78 is 1.53. The van der Waals surface area contributed by atoms with Gasteiger partial charge in [0.15, 0.2) is 5.82 Å². The van der Waals surface area contributed by atoms with E-state index < -0.39 is 5.97 Å². The topological polar surface area (TPSA) is 81.1 Å². The minimum absolute atomic E-state index is 0.0360. The molecule has 0 aliphatic heterocycles. The van der Waals surface area contributed by atoms with Gasteiger partial charge < -0.3 is 10.8 Å². The third-order valence-electron chi connectivity index (χ3n) is 2.36. The number of aromatic nitrogens is 2. The summed E-state index contributed by atoms with van der Waals surface area (Å²) in [5, 5.41) is 13.0. The summed E-state index contributed by atoms with van der Waals surface area (Å²) in [4.78, 5) is 11.0. The first-order valence-electron chi connectivity index (χ1n) is 4.75. The van der Waals surface area contributed by atoms with Crippen LogP contribution in [0.25, 0.3) is 5.69 Å². The molecule has 3 N–H and O–H groups in total. The van der Waals surface area contributed by atoms with Crippen molar-refractivity contribution in [1.29, 1.82) is 0 Å². The van der Waals surface area contributed by atoms with Crippen molar-refractivity contribution in [3.63, 3.8) is 0 Å². The van der Waals surface area contributed by atoms with E-state index in [1.165, 1.54) is 4.68 Å². The van der Waals surface area contributed by atoms with Crippen LogP contribution in [0.1, 0.15) is 16.1 Å². The highest BCUT2D eigenvalue weighted by atomic mass is 16.4. The molecular weight excluding hydrogens is 206 g/mol. The summed E-state index contributed by atoms with van der Waals surface area (Å²) in [6, 6.07) is 9.26. The summed E-state index contributed by atoms with van der Waals surface area (Å²) in [7, 11) is 0. The largest absolute Gasteiger partial charge is 0.477 e. The SMILES string of the molecule is Cc1c(C(=O)O)c(N)nn1-c1ccccc1. The van der Waals surface area contributed by atoms with Crippen LogP contribution in [-0.2, 0) is 0 Å². The van der Waals surface area contributed by atoms with E-state index in [0.29, 0.717) is 5.69 Å². The number of hydrogen-bond donors (Lipinski definition) is 2. The van der Waals surface area contributed by atoms with Crippen molar-refractivity contribution < 1.29 is 9.90 Å². The van der Waals surface area contributed by atoms with Gasteiger partial charge in [-0.25, -0.2) is 9.48 Å². The number of carboxylic acids is 1. The minimum Gasteiger partial charge on any atom is -0.477 e. The Balaban J connectivity index is 2.61. The second kappa shape index (κ2) is 3.69. The molecule has 0 aliphatic carbocycles. The first-order valence-corrected chi connectivity index (χ1v) is 4.75. The molecule has 0 fully saturated rings. The Morgan fingerprint density at radius 2 is 2.00 bits per heavy atom. The van der Waals surface area contributed by atoms with Gasteiger partial charge in [-0.15, -0.1) is 5.10 Å². The molecule has 2 aromatic rings. The Hall–Kier alpha value is -2.30. The van der Waals surface area contributed by atoms with Crippen molar-refractivity contribution >= 4 is 11.8 Å². The normalized spacial score (nSPS) is 10.3. The maximum atomic E-state index is 11.0. The number of anilines is 1. The standard InChI is InChI=1S/C11H11N3O2/c1-7-9(11(15)16)10(12)13-14(7)8-5-3-2-4-6-8/h2-6H,1H3,(H2,12,13)(H,15,16). The first kappa shape index (κ1) is 10.2. The molecule has 1 heterocycles. The molecule has 0 amide bonds. The van der Waals surface area contributed by atoms with Crippen LogP contribution >= 0.6 is 0 Å². The van der Waals surface area contributed by atoms with Gasteiger partial charge in [0, 0.05) is 0 Å². The van der Waals surface area contributed by atoms with Crippen molar-refractivity contribution in [2.75, 3.05) is 5.73 Å². The number of rotatable bonds is 2. The number of nitrogens with two attached hydrogens (primary N) is 1. The lowest BCUT2D eigenvalue weighted by Gasteiger charge is -2.02. The fraction of sp³-hybridized carbons (Fsp3) is 0.0909. The summed E-state index contributed by atoms with van der Waals surface area (Å²) in [6.45, 7) is 1.68. The summed E-state index contributed by atoms with van der Waals surface area (Å²) in [5.74, 6) is -1.02. The highest BCUT2D eigenvalue weighted by molar-refractivity contribution is 5.94. The van der Waals surface area contributed by atoms with Gasteiger partial charge >= 0.3 is 5.97 Å². The van der Waals surface area contributed by atoms with E-state index >= 15 is 0 Å². The predicted octanol–water partition coefficient (Wildman–Crippen LogP) is 1.46. The van der Waals surface area contributed by atoms with Crippen molar-refractivity contribution in [2.24, 2.45) is 0 Å². The zero-order valence-corrected chi connectivity index (χ0v) is 8.71. The molecule has 0 spiro atoms. The van der Waals surface area contributed by atoms with E-state index in [-0.39, 0.29) is 11.4 Å². The summed E-state index contributed by atoms with van der Waals surface area (Å²) >= 11 is 0. The fourth-order valence-electron chi connectivity index (χ4n) is 1.61. The Morgan fingerprint density at radius 3 is 2.50 bits per heavy atom. The molecule has 0 saturated carbocycles. The maximum absolute atomic E-state index is 11.0. The number of benzene rings is 1. The van der Waals surface area contributed by atoms with Crippen molar-refractivity contribution in [2.45, 2.75) is 6.92 Å². The second-order valence-electron chi connectivity index (χ2n) is 3.40. The van der Waals surface area contributed by atoms with E-state index in [1.54, 1.807) is 6.92 Å². The van der Waals surface area contributed by atoms with Gasteiger partial charge in [0.25, 0.3) is 0 Å². The Kier molecular flexibility index (Phi) is 2.36. The molecule has 1 aromatic carbocycles. The van der Waals surface area contributed by atoms with E-state index in [4.69, 9.17) is 10.8 Å². The molecule has 16 heavy (non-hydrogen) atoms. The molecule has 0 unspecified atom stereocenters. The molecule has 0 bridgehead atoms. The van der Waals surface area contributed by atoms with Crippen LogP contribution in [0.15, 0.2) is 30.3 Å². The fourth-order valence-corrected chi connectivity index (χ4v) is 1.61. The lowest BCUT2D eigenvalue weighted by atomic mass is 10.2. The first-order chi connectivity index (χ1) is 7.61. The molecule has 0 atom stereocenters. The van der Waals surface area contributed by atoms with Crippen LogP contribution in [0.2, 0.25) is 0 Å². The molecule has 2 rings (SSSR count). The van der Waals surface area contributed by atoms with Crippen LogP contribution in [0.3, 0.4) is 0 Å². The lowest BCUT2D eigenvalue weighted by Crippen LogP contribution is -2.02. The van der Waals surface area contributed by atoms with Gasteiger partial charge in [0.1, 0.15) is 5.56 Å². The average Bonchev–Trinajstić information content (AvgIpc) is 2.55. The monoisotopic (exact) mass is 217 g/mol. The van der Waals surface area contributed by atoms with Crippen LogP contribution in [-0.4, -0.2) is 20.9 Å². The van der Waals surface area contributed by atoms with Gasteiger partial charge in [-0.3, -0.25) is 0 Å². The summed E-state index contributed by atoms with van der Waals surface area (Å²) in [6.07, 6.45) is 0. The van der Waals surface area contributed by atoms with Crippen LogP contribution in [0, 0.1) is 6.92 Å². The van der Waals surface area contributed by atoms with Crippen molar-refractivity contribution in [1.82, 2.24) is 9.78 Å². The smallest absolute Gasteiger partial charge is 0.341 e. The minimum atomic E-state index is -1.06. The highest BCUT2D eigenvalue weighted by Gasteiger charge is 2.18. The predicted molar refractivity (Wildman–Crippen MR) is 59.7 cm³/mol. The number of nitrogen functional groups attached to an aromatic ring is 1. The lowest BCUT2D eigenvalue weighted by molar-refractivity contribution is 0.0697. The number of carbonyl (C=O) groups is 1.